The van der Waals surface area contributed by atoms with E-state index >= 15 is 0 Å². The SMILES string of the molecule is Cc1cccc2[nH]c(Br)c(C(=O)O)c12. The van der Waals surface area contributed by atoms with Gasteiger partial charge >= 0.3 is 5.97 Å². The number of H-pyrrole nitrogens is 1. The van der Waals surface area contributed by atoms with Gasteiger partial charge in [0, 0.05) is 10.9 Å². The second kappa shape index (κ2) is 3.13. The maximum atomic E-state index is 11.0. The molecule has 0 bridgehead atoms. The zero-order chi connectivity index (χ0) is 10.3. The first-order valence-electron chi connectivity index (χ1n) is 4.11. The summed E-state index contributed by atoms with van der Waals surface area (Å²) < 4.78 is 0.523. The van der Waals surface area contributed by atoms with Crippen molar-refractivity contribution in [2.24, 2.45) is 0 Å². The van der Waals surface area contributed by atoms with Crippen LogP contribution in [0.2, 0.25) is 0 Å². The number of aromatic amines is 1. The summed E-state index contributed by atoms with van der Waals surface area (Å²) >= 11 is 3.21. The Hall–Kier alpha value is -1.29. The summed E-state index contributed by atoms with van der Waals surface area (Å²) in [7, 11) is 0. The van der Waals surface area contributed by atoms with Gasteiger partial charge in [-0.3, -0.25) is 0 Å². The number of benzene rings is 1. The van der Waals surface area contributed by atoms with Crippen LogP contribution in [0.25, 0.3) is 10.9 Å². The minimum Gasteiger partial charge on any atom is -0.478 e. The molecule has 4 heteroatoms. The molecule has 0 spiro atoms. The van der Waals surface area contributed by atoms with E-state index in [1.807, 2.05) is 25.1 Å². The molecule has 1 aromatic carbocycles. The Morgan fingerprint density at radius 3 is 2.86 bits per heavy atom. The van der Waals surface area contributed by atoms with Gasteiger partial charge in [-0.1, -0.05) is 12.1 Å². The van der Waals surface area contributed by atoms with Crippen LogP contribution in [-0.4, -0.2) is 16.1 Å². The van der Waals surface area contributed by atoms with E-state index < -0.39 is 5.97 Å². The molecule has 3 nitrogen and oxygen atoms in total. The highest BCUT2D eigenvalue weighted by molar-refractivity contribution is 9.10. The number of hydrogen-bond acceptors (Lipinski definition) is 1. The largest absolute Gasteiger partial charge is 0.478 e. The van der Waals surface area contributed by atoms with Crippen LogP contribution in [0.4, 0.5) is 0 Å². The van der Waals surface area contributed by atoms with Crippen LogP contribution in [-0.2, 0) is 0 Å². The normalized spacial score (nSPS) is 10.7. The minimum absolute atomic E-state index is 0.304. The van der Waals surface area contributed by atoms with Crippen molar-refractivity contribution in [3.63, 3.8) is 0 Å². The topological polar surface area (TPSA) is 53.1 Å². The standard InChI is InChI=1S/C10H8BrNO2/c1-5-3-2-4-6-7(5)8(10(13)14)9(11)12-6/h2-4,12H,1H3,(H,13,14). The highest BCUT2D eigenvalue weighted by atomic mass is 79.9. The van der Waals surface area contributed by atoms with Gasteiger partial charge in [-0.15, -0.1) is 0 Å². The van der Waals surface area contributed by atoms with Crippen molar-refractivity contribution < 1.29 is 9.90 Å². The summed E-state index contributed by atoms with van der Waals surface area (Å²) in [4.78, 5) is 14.0. The van der Waals surface area contributed by atoms with Gasteiger partial charge in [0.15, 0.2) is 0 Å². The smallest absolute Gasteiger partial charge is 0.339 e. The quantitative estimate of drug-likeness (QED) is 0.821. The molecule has 0 fully saturated rings. The van der Waals surface area contributed by atoms with Crippen LogP contribution in [0.5, 0.6) is 0 Å². The number of aryl methyl sites for hydroxylation is 1. The summed E-state index contributed by atoms with van der Waals surface area (Å²) in [5.41, 5.74) is 2.11. The van der Waals surface area contributed by atoms with Crippen molar-refractivity contribution in [2.45, 2.75) is 6.92 Å². The van der Waals surface area contributed by atoms with Crippen molar-refractivity contribution >= 4 is 32.8 Å². The molecular weight excluding hydrogens is 246 g/mol. The second-order valence-corrected chi connectivity index (χ2v) is 3.91. The van der Waals surface area contributed by atoms with Gasteiger partial charge in [-0.25, -0.2) is 4.79 Å². The lowest BCUT2D eigenvalue weighted by Gasteiger charge is -1.96. The lowest BCUT2D eigenvalue weighted by atomic mass is 10.1. The van der Waals surface area contributed by atoms with E-state index in [2.05, 4.69) is 20.9 Å². The van der Waals surface area contributed by atoms with E-state index in [-0.39, 0.29) is 0 Å². The molecule has 2 N–H and O–H groups in total. The van der Waals surface area contributed by atoms with Crippen molar-refractivity contribution in [2.75, 3.05) is 0 Å². The van der Waals surface area contributed by atoms with E-state index in [4.69, 9.17) is 5.11 Å². The molecule has 0 aliphatic carbocycles. The van der Waals surface area contributed by atoms with Gasteiger partial charge in [0.25, 0.3) is 0 Å². The molecule has 14 heavy (non-hydrogen) atoms. The summed E-state index contributed by atoms with van der Waals surface area (Å²) in [5, 5.41) is 9.80. The Morgan fingerprint density at radius 1 is 1.50 bits per heavy atom. The molecule has 0 unspecified atom stereocenters. The Kier molecular flexibility index (Phi) is 2.07. The van der Waals surface area contributed by atoms with E-state index in [1.54, 1.807) is 0 Å². The molecule has 0 saturated heterocycles. The van der Waals surface area contributed by atoms with Crippen LogP contribution in [0.15, 0.2) is 22.8 Å². The van der Waals surface area contributed by atoms with Crippen molar-refractivity contribution in [1.29, 1.82) is 0 Å². The fraction of sp³-hybridized carbons (Fsp3) is 0.100. The highest BCUT2D eigenvalue weighted by Crippen LogP contribution is 2.28. The molecule has 0 radical (unpaired) electrons. The van der Waals surface area contributed by atoms with Crippen molar-refractivity contribution in [3.05, 3.63) is 33.9 Å². The lowest BCUT2D eigenvalue weighted by Crippen LogP contribution is -1.96. The van der Waals surface area contributed by atoms with Crippen LogP contribution in [0.1, 0.15) is 15.9 Å². The van der Waals surface area contributed by atoms with E-state index in [9.17, 15) is 4.79 Å². The first-order chi connectivity index (χ1) is 6.61. The predicted molar refractivity (Wildman–Crippen MR) is 57.7 cm³/mol. The third-order valence-corrected chi connectivity index (χ3v) is 2.80. The number of hydrogen-bond donors (Lipinski definition) is 2. The third-order valence-electron chi connectivity index (χ3n) is 2.20. The molecule has 1 heterocycles. The predicted octanol–water partition coefficient (Wildman–Crippen LogP) is 2.94. The monoisotopic (exact) mass is 253 g/mol. The highest BCUT2D eigenvalue weighted by Gasteiger charge is 2.16. The van der Waals surface area contributed by atoms with Gasteiger partial charge in [-0.05, 0) is 34.5 Å². The zero-order valence-corrected chi connectivity index (χ0v) is 9.05. The number of aromatic carboxylic acids is 1. The fourth-order valence-electron chi connectivity index (χ4n) is 1.60. The molecule has 0 aliphatic rings. The number of carbonyl (C=O) groups is 1. The number of fused-ring (bicyclic) bond motifs is 1. The van der Waals surface area contributed by atoms with Crippen molar-refractivity contribution in [1.82, 2.24) is 4.98 Å². The Balaban J connectivity index is 2.93. The Morgan fingerprint density at radius 2 is 2.21 bits per heavy atom. The number of nitrogens with one attached hydrogen (secondary N) is 1. The van der Waals surface area contributed by atoms with Crippen molar-refractivity contribution in [3.8, 4) is 0 Å². The summed E-state index contributed by atoms with van der Waals surface area (Å²) in [5.74, 6) is -0.919. The molecule has 0 amide bonds. The van der Waals surface area contributed by atoms with Gasteiger partial charge in [0.2, 0.25) is 0 Å². The summed E-state index contributed by atoms with van der Waals surface area (Å²) in [6.45, 7) is 1.90. The number of carboxylic acids is 1. The van der Waals surface area contributed by atoms with Gasteiger partial charge in [0.1, 0.15) is 0 Å². The van der Waals surface area contributed by atoms with Crippen LogP contribution < -0.4 is 0 Å². The van der Waals surface area contributed by atoms with Gasteiger partial charge in [0.05, 0.1) is 10.2 Å². The summed E-state index contributed by atoms with van der Waals surface area (Å²) in [6.07, 6.45) is 0. The molecule has 0 saturated carbocycles. The molecule has 2 aromatic rings. The first kappa shape index (κ1) is 9.27. The fourth-order valence-corrected chi connectivity index (χ4v) is 2.18. The molecule has 2 rings (SSSR count). The molecule has 1 aromatic heterocycles. The average molecular weight is 254 g/mol. The number of halogens is 1. The third kappa shape index (κ3) is 1.23. The Bertz CT molecular complexity index is 516. The van der Waals surface area contributed by atoms with Crippen LogP contribution in [0, 0.1) is 6.92 Å². The maximum Gasteiger partial charge on any atom is 0.339 e. The van der Waals surface area contributed by atoms with Gasteiger partial charge < -0.3 is 10.1 Å². The molecular formula is C10H8BrNO2. The Labute approximate surface area is 88.9 Å². The van der Waals surface area contributed by atoms with E-state index in [0.717, 1.165) is 16.5 Å². The van der Waals surface area contributed by atoms with E-state index in [0.29, 0.717) is 10.2 Å². The number of carboxylic acid groups (broad SMARTS) is 1. The number of aromatic nitrogens is 1. The molecule has 0 atom stereocenters. The molecule has 72 valence electrons. The van der Waals surface area contributed by atoms with Gasteiger partial charge in [-0.2, -0.15) is 0 Å². The van der Waals surface area contributed by atoms with E-state index in [1.165, 1.54) is 0 Å². The molecule has 0 aliphatic heterocycles. The first-order valence-corrected chi connectivity index (χ1v) is 4.90. The second-order valence-electron chi connectivity index (χ2n) is 3.12. The summed E-state index contributed by atoms with van der Waals surface area (Å²) in [6, 6.07) is 5.65. The van der Waals surface area contributed by atoms with Crippen LogP contribution >= 0.6 is 15.9 Å². The number of rotatable bonds is 1. The van der Waals surface area contributed by atoms with Crippen LogP contribution in [0.3, 0.4) is 0 Å². The zero-order valence-electron chi connectivity index (χ0n) is 7.47. The minimum atomic E-state index is -0.919. The average Bonchev–Trinajstić information content (AvgIpc) is 2.42. The lowest BCUT2D eigenvalue weighted by molar-refractivity contribution is 0.0698. The maximum absolute atomic E-state index is 11.0.